The first kappa shape index (κ1) is 31.5. The molecule has 0 aliphatic carbocycles. The normalized spacial score (nSPS) is 11.1. The van der Waals surface area contributed by atoms with Gasteiger partial charge in [0.2, 0.25) is 0 Å². The molecule has 0 aliphatic heterocycles. The van der Waals surface area contributed by atoms with Crippen molar-refractivity contribution in [2.75, 3.05) is 0 Å². The second-order valence-electron chi connectivity index (χ2n) is 10.5. The van der Waals surface area contributed by atoms with Crippen molar-refractivity contribution in [2.45, 2.75) is 193 Å². The van der Waals surface area contributed by atoms with Crippen LogP contribution < -0.4 is 0 Å². The van der Waals surface area contributed by atoms with Crippen LogP contribution in [-0.2, 0) is 0 Å². The number of nitriles is 1. The number of nitrogens with zero attached hydrogens (tertiary/aromatic N) is 1. The molecular weight excluding hydrogens is 386 g/mol. The van der Waals surface area contributed by atoms with Gasteiger partial charge in [-0.25, -0.2) is 0 Å². The third-order valence-electron chi connectivity index (χ3n) is 7.14. The minimum absolute atomic E-state index is 0.749. The van der Waals surface area contributed by atoms with Gasteiger partial charge in [-0.15, -0.1) is 0 Å². The molecule has 1 nitrogen and oxygen atoms in total. The van der Waals surface area contributed by atoms with Gasteiger partial charge in [-0.3, -0.25) is 0 Å². The molecule has 0 bridgehead atoms. The number of rotatable bonds is 28. The van der Waals surface area contributed by atoms with E-state index in [1.807, 2.05) is 0 Å². The summed E-state index contributed by atoms with van der Waals surface area (Å²) in [6.07, 6.45) is 40.9. The Labute approximate surface area is 204 Å². The molecule has 0 saturated heterocycles. The monoisotopic (exact) mass is 447 g/mol. The summed E-state index contributed by atoms with van der Waals surface area (Å²) in [5.41, 5.74) is 0. The van der Waals surface area contributed by atoms with E-state index in [1.165, 1.54) is 173 Å². The van der Waals surface area contributed by atoms with Gasteiger partial charge in [0, 0.05) is 6.42 Å². The molecule has 0 saturated carbocycles. The molecule has 0 radical (unpaired) electrons. The van der Waals surface area contributed by atoms with E-state index in [4.69, 9.17) is 5.26 Å². The zero-order valence-corrected chi connectivity index (χ0v) is 22.5. The van der Waals surface area contributed by atoms with Crippen LogP contribution in [0.25, 0.3) is 0 Å². The Morgan fingerprint density at radius 3 is 0.688 bits per heavy atom. The number of hydrogen-bond acceptors (Lipinski definition) is 1. The van der Waals surface area contributed by atoms with Crippen LogP contribution in [0.1, 0.15) is 193 Å². The van der Waals surface area contributed by atoms with Gasteiger partial charge in [0.25, 0.3) is 0 Å². The fourth-order valence-corrected chi connectivity index (χ4v) is 4.87. The summed E-state index contributed by atoms with van der Waals surface area (Å²) in [6.45, 7) is 2.30. The molecule has 0 aromatic heterocycles. The van der Waals surface area contributed by atoms with E-state index in [0.717, 1.165) is 12.8 Å². The molecule has 0 amide bonds. The number of unbranched alkanes of at least 4 members (excludes halogenated alkanes) is 28. The van der Waals surface area contributed by atoms with Crippen molar-refractivity contribution in [3.05, 3.63) is 0 Å². The summed E-state index contributed by atoms with van der Waals surface area (Å²) in [7, 11) is 0. The van der Waals surface area contributed by atoms with Gasteiger partial charge in [-0.1, -0.05) is 180 Å². The van der Waals surface area contributed by atoms with Gasteiger partial charge >= 0.3 is 0 Å². The maximum atomic E-state index is 8.51. The van der Waals surface area contributed by atoms with Crippen LogP contribution in [-0.4, -0.2) is 0 Å². The lowest BCUT2D eigenvalue weighted by atomic mass is 10.0. The second kappa shape index (κ2) is 30.5. The van der Waals surface area contributed by atoms with Crippen molar-refractivity contribution < 1.29 is 0 Å². The minimum atomic E-state index is 0.749. The van der Waals surface area contributed by atoms with E-state index in [0.29, 0.717) is 0 Å². The van der Waals surface area contributed by atoms with Crippen molar-refractivity contribution in [2.24, 2.45) is 0 Å². The fourth-order valence-electron chi connectivity index (χ4n) is 4.87. The van der Waals surface area contributed by atoms with Gasteiger partial charge < -0.3 is 0 Å². The Balaban J connectivity index is 2.99. The Morgan fingerprint density at radius 1 is 0.312 bits per heavy atom. The predicted octanol–water partition coefficient (Wildman–Crippen LogP) is 11.8. The fraction of sp³-hybridized carbons (Fsp3) is 0.968. The molecule has 0 aromatic rings. The van der Waals surface area contributed by atoms with Crippen molar-refractivity contribution in [3.8, 4) is 6.07 Å². The second-order valence-corrected chi connectivity index (χ2v) is 10.5. The van der Waals surface area contributed by atoms with Gasteiger partial charge in [-0.05, 0) is 6.42 Å². The van der Waals surface area contributed by atoms with E-state index in [-0.39, 0.29) is 0 Å². The topological polar surface area (TPSA) is 23.8 Å². The van der Waals surface area contributed by atoms with Gasteiger partial charge in [0.05, 0.1) is 6.07 Å². The molecule has 1 heteroatoms. The molecule has 0 unspecified atom stereocenters. The quantitative estimate of drug-likeness (QED) is 0.109. The smallest absolute Gasteiger partial charge is 0.0621 e. The Morgan fingerprint density at radius 2 is 0.500 bits per heavy atom. The average molecular weight is 448 g/mol. The summed E-state index contributed by atoms with van der Waals surface area (Å²) < 4.78 is 0. The third kappa shape index (κ3) is 29.5. The summed E-state index contributed by atoms with van der Waals surface area (Å²) in [6, 6.07) is 2.24. The Kier molecular flexibility index (Phi) is 30.0. The van der Waals surface area contributed by atoms with Crippen LogP contribution in [0.15, 0.2) is 0 Å². The molecule has 0 heterocycles. The number of hydrogen-bond donors (Lipinski definition) is 0. The molecule has 0 aromatic carbocycles. The highest BCUT2D eigenvalue weighted by atomic mass is 14.2. The van der Waals surface area contributed by atoms with Crippen molar-refractivity contribution >= 4 is 0 Å². The van der Waals surface area contributed by atoms with E-state index in [1.54, 1.807) is 0 Å². The van der Waals surface area contributed by atoms with Gasteiger partial charge in [-0.2, -0.15) is 5.26 Å². The largest absolute Gasteiger partial charge is 0.198 e. The maximum Gasteiger partial charge on any atom is 0.0621 e. The Hall–Kier alpha value is -0.510. The zero-order valence-electron chi connectivity index (χ0n) is 22.5. The first-order valence-electron chi connectivity index (χ1n) is 15.3. The summed E-state index contributed by atoms with van der Waals surface area (Å²) >= 11 is 0. The standard InChI is InChI=1S/C31H61N/c1-2-3-4-5-6-7-8-9-10-11-12-13-14-15-16-17-18-19-20-21-22-23-24-25-26-27-28-29-30-31-32/h2-30H2,1H3. The summed E-state index contributed by atoms with van der Waals surface area (Å²) in [5, 5.41) is 8.51. The molecule has 0 rings (SSSR count). The zero-order chi connectivity index (χ0) is 23.2. The van der Waals surface area contributed by atoms with Crippen LogP contribution in [0.3, 0.4) is 0 Å². The van der Waals surface area contributed by atoms with Crippen molar-refractivity contribution in [1.82, 2.24) is 0 Å². The SMILES string of the molecule is CCCCCCCCCCCCCCCCCCCCCCCCCCCCCCC#N. The van der Waals surface area contributed by atoms with E-state index in [2.05, 4.69) is 13.0 Å². The summed E-state index contributed by atoms with van der Waals surface area (Å²) in [4.78, 5) is 0. The Bertz CT molecular complexity index is 356. The lowest BCUT2D eigenvalue weighted by Gasteiger charge is -2.04. The molecule has 32 heavy (non-hydrogen) atoms. The van der Waals surface area contributed by atoms with Crippen LogP contribution >= 0.6 is 0 Å². The van der Waals surface area contributed by atoms with Crippen LogP contribution in [0.2, 0.25) is 0 Å². The summed E-state index contributed by atoms with van der Waals surface area (Å²) in [5.74, 6) is 0. The highest BCUT2D eigenvalue weighted by Crippen LogP contribution is 2.16. The van der Waals surface area contributed by atoms with Crippen LogP contribution in [0.4, 0.5) is 0 Å². The molecule has 0 atom stereocenters. The van der Waals surface area contributed by atoms with Crippen molar-refractivity contribution in [1.29, 1.82) is 5.26 Å². The highest BCUT2D eigenvalue weighted by molar-refractivity contribution is 4.67. The molecular formula is C31H61N. The molecule has 190 valence electrons. The first-order valence-corrected chi connectivity index (χ1v) is 15.3. The average Bonchev–Trinajstić information content (AvgIpc) is 2.81. The lowest BCUT2D eigenvalue weighted by Crippen LogP contribution is -1.85. The van der Waals surface area contributed by atoms with E-state index >= 15 is 0 Å². The first-order chi connectivity index (χ1) is 15.9. The lowest BCUT2D eigenvalue weighted by molar-refractivity contribution is 0.514. The minimum Gasteiger partial charge on any atom is -0.198 e. The maximum absolute atomic E-state index is 8.51. The van der Waals surface area contributed by atoms with Crippen molar-refractivity contribution in [3.63, 3.8) is 0 Å². The van der Waals surface area contributed by atoms with Gasteiger partial charge in [0.15, 0.2) is 0 Å². The molecule has 0 N–H and O–H groups in total. The van der Waals surface area contributed by atoms with Gasteiger partial charge in [0.1, 0.15) is 0 Å². The van der Waals surface area contributed by atoms with Crippen LogP contribution in [0, 0.1) is 11.3 Å². The van der Waals surface area contributed by atoms with Crippen LogP contribution in [0.5, 0.6) is 0 Å². The highest BCUT2D eigenvalue weighted by Gasteiger charge is 1.96. The molecule has 0 spiro atoms. The predicted molar refractivity (Wildman–Crippen MR) is 145 cm³/mol. The van der Waals surface area contributed by atoms with E-state index < -0.39 is 0 Å². The van der Waals surface area contributed by atoms with E-state index in [9.17, 15) is 0 Å². The molecule has 0 aliphatic rings. The molecule has 0 fully saturated rings. The third-order valence-corrected chi connectivity index (χ3v) is 7.14.